The van der Waals surface area contributed by atoms with Crippen molar-refractivity contribution in [1.82, 2.24) is 14.8 Å². The smallest absolute Gasteiger partial charge is 0.356 e. The molecule has 0 saturated heterocycles. The van der Waals surface area contributed by atoms with Gasteiger partial charge in [0, 0.05) is 35.7 Å². The molecular formula is C29H23F3N4O5. The summed E-state index contributed by atoms with van der Waals surface area (Å²) in [4.78, 5) is 41.2. The first-order valence-electron chi connectivity index (χ1n) is 12.5. The van der Waals surface area contributed by atoms with Crippen LogP contribution in [0.1, 0.15) is 55.7 Å². The summed E-state index contributed by atoms with van der Waals surface area (Å²) in [5, 5.41) is 13.6. The van der Waals surface area contributed by atoms with E-state index in [1.807, 2.05) is 0 Å². The highest BCUT2D eigenvalue weighted by molar-refractivity contribution is 5.94. The Morgan fingerprint density at radius 3 is 2.51 bits per heavy atom. The lowest BCUT2D eigenvalue weighted by molar-refractivity contribution is -0.120. The van der Waals surface area contributed by atoms with Crippen LogP contribution in [0.5, 0.6) is 0 Å². The van der Waals surface area contributed by atoms with Crippen LogP contribution in [0.2, 0.25) is 0 Å². The van der Waals surface area contributed by atoms with Gasteiger partial charge in [0.1, 0.15) is 17.5 Å². The highest BCUT2D eigenvalue weighted by atomic mass is 19.1. The predicted molar refractivity (Wildman–Crippen MR) is 138 cm³/mol. The molecule has 41 heavy (non-hydrogen) atoms. The number of benzene rings is 2. The predicted octanol–water partition coefficient (Wildman–Crippen LogP) is 4.18. The van der Waals surface area contributed by atoms with Gasteiger partial charge in [0.05, 0.1) is 36.7 Å². The molecule has 0 bridgehead atoms. The van der Waals surface area contributed by atoms with Crippen molar-refractivity contribution in [3.63, 3.8) is 0 Å². The normalized spacial score (nSPS) is 13.1. The highest BCUT2D eigenvalue weighted by Gasteiger charge is 2.29. The van der Waals surface area contributed by atoms with E-state index < -0.39 is 35.2 Å². The van der Waals surface area contributed by atoms with Gasteiger partial charge in [0.2, 0.25) is 0 Å². The Kier molecular flexibility index (Phi) is 7.66. The van der Waals surface area contributed by atoms with Crippen molar-refractivity contribution in [2.24, 2.45) is 5.73 Å². The summed E-state index contributed by atoms with van der Waals surface area (Å²) < 4.78 is 48.9. The molecule has 0 saturated carbocycles. The zero-order valence-corrected chi connectivity index (χ0v) is 21.4. The number of ether oxygens (including phenoxy) is 1. The van der Waals surface area contributed by atoms with Crippen LogP contribution in [0.25, 0.3) is 11.1 Å². The number of Topliss-reactive ketones (excluding diaryl/α,β-unsaturated/α-hetero) is 1. The van der Waals surface area contributed by atoms with Crippen LogP contribution in [0.3, 0.4) is 0 Å². The minimum atomic E-state index is -1.24. The standard InChI is InChI=1S/C29H23F3N4O5/c30-18-7-15(8-19(31)11-18)6-17(9-20(37)12-36-25-14-41-13-23(25)27(35-36)29(39)40)26-21(2-1-5-34-26)16-3-4-24(32)22(10-16)28(33)38/h1-5,7-8,10-11,17H,6,9,12-14H2,(H2,33,38)(H,39,40)/t17-/m1/s1. The maximum Gasteiger partial charge on any atom is 0.356 e. The van der Waals surface area contributed by atoms with Crippen molar-refractivity contribution in [2.75, 3.05) is 0 Å². The SMILES string of the molecule is NC(=O)c1cc(-c2cccnc2[C@@H](CC(=O)Cn2nc(C(=O)O)c3c2COC3)Cc2cc(F)cc(F)c2)ccc1F. The number of amides is 1. The Hall–Kier alpha value is -4.84. The third-order valence-corrected chi connectivity index (χ3v) is 6.83. The lowest BCUT2D eigenvalue weighted by Crippen LogP contribution is -2.19. The van der Waals surface area contributed by atoms with E-state index in [2.05, 4.69) is 10.1 Å². The van der Waals surface area contributed by atoms with Gasteiger partial charge in [-0.3, -0.25) is 19.3 Å². The Morgan fingerprint density at radius 2 is 1.80 bits per heavy atom. The van der Waals surface area contributed by atoms with E-state index >= 15 is 0 Å². The van der Waals surface area contributed by atoms with Crippen LogP contribution < -0.4 is 5.73 Å². The number of hydrogen-bond acceptors (Lipinski definition) is 6. The molecule has 5 rings (SSSR count). The molecule has 2 aromatic carbocycles. The summed E-state index contributed by atoms with van der Waals surface area (Å²) >= 11 is 0. The number of nitrogens with two attached hydrogens (primary N) is 1. The first-order valence-corrected chi connectivity index (χ1v) is 12.5. The molecule has 3 heterocycles. The number of hydrogen-bond donors (Lipinski definition) is 2. The number of primary amides is 1. The topological polar surface area (TPSA) is 137 Å². The van der Waals surface area contributed by atoms with E-state index in [-0.39, 0.29) is 55.2 Å². The third kappa shape index (κ3) is 5.87. The number of carbonyl (C=O) groups excluding carboxylic acids is 2. The van der Waals surface area contributed by atoms with Gasteiger partial charge in [-0.2, -0.15) is 5.10 Å². The average Bonchev–Trinajstić information content (AvgIpc) is 3.52. The second-order valence-electron chi connectivity index (χ2n) is 9.65. The van der Waals surface area contributed by atoms with Crippen LogP contribution in [0.4, 0.5) is 13.2 Å². The third-order valence-electron chi connectivity index (χ3n) is 6.83. The quantitative estimate of drug-likeness (QED) is 0.295. The molecule has 1 atom stereocenters. The van der Waals surface area contributed by atoms with Crippen LogP contribution in [-0.2, 0) is 35.7 Å². The van der Waals surface area contributed by atoms with Crippen molar-refractivity contribution in [2.45, 2.75) is 38.5 Å². The maximum absolute atomic E-state index is 14.2. The monoisotopic (exact) mass is 564 g/mol. The van der Waals surface area contributed by atoms with Gasteiger partial charge in [0.25, 0.3) is 5.91 Å². The number of fused-ring (bicyclic) bond motifs is 1. The maximum atomic E-state index is 14.2. The molecule has 9 nitrogen and oxygen atoms in total. The van der Waals surface area contributed by atoms with Gasteiger partial charge in [-0.1, -0.05) is 12.1 Å². The number of pyridine rings is 1. The van der Waals surface area contributed by atoms with E-state index in [4.69, 9.17) is 10.5 Å². The molecule has 2 aromatic heterocycles. The molecule has 0 radical (unpaired) electrons. The summed E-state index contributed by atoms with van der Waals surface area (Å²) in [5.74, 6) is -5.65. The highest BCUT2D eigenvalue weighted by Crippen LogP contribution is 2.34. The van der Waals surface area contributed by atoms with E-state index in [0.717, 1.165) is 24.3 Å². The Labute approximate surface area is 231 Å². The molecule has 0 unspecified atom stereocenters. The Balaban J connectivity index is 1.52. The van der Waals surface area contributed by atoms with Crippen LogP contribution >= 0.6 is 0 Å². The van der Waals surface area contributed by atoms with E-state index in [1.54, 1.807) is 12.1 Å². The van der Waals surface area contributed by atoms with Gasteiger partial charge in [-0.25, -0.2) is 18.0 Å². The lowest BCUT2D eigenvalue weighted by Gasteiger charge is -2.20. The molecule has 210 valence electrons. The molecule has 1 amide bonds. The minimum Gasteiger partial charge on any atom is -0.476 e. The fraction of sp³-hybridized carbons (Fsp3) is 0.207. The van der Waals surface area contributed by atoms with Crippen molar-refractivity contribution >= 4 is 17.7 Å². The number of aromatic nitrogens is 3. The number of carboxylic acid groups (broad SMARTS) is 1. The second kappa shape index (κ2) is 11.3. The first kappa shape index (κ1) is 27.7. The number of halogens is 3. The molecule has 4 aromatic rings. The zero-order chi connectivity index (χ0) is 29.3. The van der Waals surface area contributed by atoms with Crippen molar-refractivity contribution in [3.8, 4) is 11.1 Å². The van der Waals surface area contributed by atoms with Gasteiger partial charge in [-0.15, -0.1) is 0 Å². The van der Waals surface area contributed by atoms with Crippen LogP contribution in [-0.4, -0.2) is 37.5 Å². The van der Waals surface area contributed by atoms with Gasteiger partial charge < -0.3 is 15.6 Å². The summed E-state index contributed by atoms with van der Waals surface area (Å²) in [7, 11) is 0. The molecule has 0 spiro atoms. The van der Waals surface area contributed by atoms with Gasteiger partial charge >= 0.3 is 5.97 Å². The van der Waals surface area contributed by atoms with Gasteiger partial charge in [0.15, 0.2) is 11.5 Å². The summed E-state index contributed by atoms with van der Waals surface area (Å²) in [5.41, 5.74) is 7.21. The Morgan fingerprint density at radius 1 is 1.05 bits per heavy atom. The van der Waals surface area contributed by atoms with E-state index in [0.29, 0.717) is 28.1 Å². The minimum absolute atomic E-state index is 0.00893. The van der Waals surface area contributed by atoms with E-state index in [1.165, 1.54) is 23.0 Å². The number of nitrogens with zero attached hydrogens (tertiary/aromatic N) is 3. The number of carbonyl (C=O) groups is 3. The fourth-order valence-corrected chi connectivity index (χ4v) is 5.05. The van der Waals surface area contributed by atoms with Crippen LogP contribution in [0, 0.1) is 17.5 Å². The molecule has 1 aliphatic heterocycles. The fourth-order valence-electron chi connectivity index (χ4n) is 5.05. The lowest BCUT2D eigenvalue weighted by atomic mass is 9.86. The number of rotatable bonds is 10. The summed E-state index contributed by atoms with van der Waals surface area (Å²) in [6.45, 7) is -0.0925. The zero-order valence-electron chi connectivity index (χ0n) is 21.4. The average molecular weight is 565 g/mol. The second-order valence-corrected chi connectivity index (χ2v) is 9.65. The molecule has 0 fully saturated rings. The summed E-state index contributed by atoms with van der Waals surface area (Å²) in [6, 6.07) is 10.1. The van der Waals surface area contributed by atoms with Crippen molar-refractivity contribution in [3.05, 3.63) is 106 Å². The summed E-state index contributed by atoms with van der Waals surface area (Å²) in [6.07, 6.45) is 1.33. The van der Waals surface area contributed by atoms with Crippen molar-refractivity contribution < 1.29 is 37.4 Å². The van der Waals surface area contributed by atoms with Crippen LogP contribution in [0.15, 0.2) is 54.7 Å². The van der Waals surface area contributed by atoms with Gasteiger partial charge in [-0.05, 0) is 47.9 Å². The van der Waals surface area contributed by atoms with Crippen molar-refractivity contribution in [1.29, 1.82) is 0 Å². The number of carboxylic acids is 1. The molecular weight excluding hydrogens is 541 g/mol. The number of ketones is 1. The molecule has 3 N–H and O–H groups in total. The molecule has 0 aliphatic carbocycles. The number of aromatic carboxylic acids is 1. The molecule has 1 aliphatic rings. The Bertz CT molecular complexity index is 1670. The van der Waals surface area contributed by atoms with E-state index in [9.17, 15) is 32.7 Å². The molecule has 12 heteroatoms. The first-order chi connectivity index (χ1) is 19.6. The largest absolute Gasteiger partial charge is 0.476 e.